The number of amides is 2. The lowest BCUT2D eigenvalue weighted by Crippen LogP contribution is -2.31. The van der Waals surface area contributed by atoms with Crippen molar-refractivity contribution < 1.29 is 14.3 Å². The van der Waals surface area contributed by atoms with Crippen LogP contribution in [0.3, 0.4) is 0 Å². The lowest BCUT2D eigenvalue weighted by Gasteiger charge is -2.14. The maximum Gasteiger partial charge on any atom is 0.319 e. The highest BCUT2D eigenvalue weighted by Gasteiger charge is 2.08. The third-order valence-electron chi connectivity index (χ3n) is 2.60. The predicted molar refractivity (Wildman–Crippen MR) is 80.4 cm³/mol. The Kier molecular flexibility index (Phi) is 6.87. The smallest absolute Gasteiger partial charge is 0.319 e. The molecule has 0 unspecified atom stereocenters. The number of ether oxygens (including phenoxy) is 2. The Morgan fingerprint density at radius 1 is 1.30 bits per heavy atom. The SMILES string of the molecule is COCCOc1cc(C)ccc1NC(=O)NCC(C)C. The fourth-order valence-electron chi connectivity index (χ4n) is 1.55. The molecule has 0 saturated heterocycles. The first-order valence-corrected chi connectivity index (χ1v) is 6.80. The Morgan fingerprint density at radius 3 is 2.70 bits per heavy atom. The minimum absolute atomic E-state index is 0.223. The number of carbonyl (C=O) groups is 1. The second-order valence-corrected chi connectivity index (χ2v) is 5.07. The van der Waals surface area contributed by atoms with Crippen LogP contribution in [-0.2, 0) is 4.74 Å². The van der Waals surface area contributed by atoms with Gasteiger partial charge < -0.3 is 20.1 Å². The Hall–Kier alpha value is -1.75. The number of methoxy groups -OCH3 is 1. The molecule has 20 heavy (non-hydrogen) atoms. The van der Waals surface area contributed by atoms with Crippen LogP contribution < -0.4 is 15.4 Å². The molecule has 2 amide bonds. The van der Waals surface area contributed by atoms with Crippen LogP contribution in [0.4, 0.5) is 10.5 Å². The first kappa shape index (κ1) is 16.3. The van der Waals surface area contributed by atoms with Crippen LogP contribution in [0.5, 0.6) is 5.75 Å². The van der Waals surface area contributed by atoms with Gasteiger partial charge in [-0.1, -0.05) is 19.9 Å². The maximum absolute atomic E-state index is 11.8. The normalized spacial score (nSPS) is 10.4. The lowest BCUT2D eigenvalue weighted by molar-refractivity contribution is 0.146. The Balaban J connectivity index is 2.65. The molecule has 2 N–H and O–H groups in total. The molecule has 0 aromatic heterocycles. The van der Waals surface area contributed by atoms with Gasteiger partial charge in [0.25, 0.3) is 0 Å². The largest absolute Gasteiger partial charge is 0.489 e. The number of hydrogen-bond acceptors (Lipinski definition) is 3. The van der Waals surface area contributed by atoms with Crippen LogP contribution in [0, 0.1) is 12.8 Å². The molecule has 0 atom stereocenters. The van der Waals surface area contributed by atoms with Gasteiger partial charge in [0, 0.05) is 13.7 Å². The van der Waals surface area contributed by atoms with Gasteiger partial charge in [0.15, 0.2) is 0 Å². The van der Waals surface area contributed by atoms with Crippen LogP contribution in [0.15, 0.2) is 18.2 Å². The van der Waals surface area contributed by atoms with Crippen molar-refractivity contribution in [2.24, 2.45) is 5.92 Å². The molecule has 0 radical (unpaired) electrons. The van der Waals surface area contributed by atoms with Crippen molar-refractivity contribution >= 4 is 11.7 Å². The standard InChI is InChI=1S/C15H24N2O3/c1-11(2)10-16-15(18)17-13-6-5-12(3)9-14(13)20-8-7-19-4/h5-6,9,11H,7-8,10H2,1-4H3,(H2,16,17,18). The Labute approximate surface area is 120 Å². The molecule has 1 aromatic carbocycles. The summed E-state index contributed by atoms with van der Waals surface area (Å²) in [6.07, 6.45) is 0. The average molecular weight is 280 g/mol. The molecule has 5 nitrogen and oxygen atoms in total. The first-order chi connectivity index (χ1) is 9.52. The molecule has 0 aliphatic heterocycles. The van der Waals surface area contributed by atoms with Crippen molar-refractivity contribution in [1.29, 1.82) is 0 Å². The second-order valence-electron chi connectivity index (χ2n) is 5.07. The van der Waals surface area contributed by atoms with E-state index in [9.17, 15) is 4.79 Å². The van der Waals surface area contributed by atoms with Gasteiger partial charge in [-0.2, -0.15) is 0 Å². The van der Waals surface area contributed by atoms with Gasteiger partial charge in [-0.3, -0.25) is 0 Å². The van der Waals surface area contributed by atoms with E-state index in [1.807, 2.05) is 39.0 Å². The quantitative estimate of drug-likeness (QED) is 0.755. The van der Waals surface area contributed by atoms with Gasteiger partial charge in [0.05, 0.1) is 12.3 Å². The third-order valence-corrected chi connectivity index (χ3v) is 2.60. The van der Waals surface area contributed by atoms with E-state index >= 15 is 0 Å². The molecule has 1 rings (SSSR count). The summed E-state index contributed by atoms with van der Waals surface area (Å²) >= 11 is 0. The van der Waals surface area contributed by atoms with Crippen molar-refractivity contribution in [2.45, 2.75) is 20.8 Å². The topological polar surface area (TPSA) is 59.6 Å². The number of urea groups is 1. The van der Waals surface area contributed by atoms with Crippen LogP contribution in [0.1, 0.15) is 19.4 Å². The van der Waals surface area contributed by atoms with Crippen LogP contribution >= 0.6 is 0 Å². The van der Waals surface area contributed by atoms with Crippen molar-refractivity contribution in [2.75, 3.05) is 32.2 Å². The average Bonchev–Trinajstić information content (AvgIpc) is 2.39. The van der Waals surface area contributed by atoms with E-state index in [-0.39, 0.29) is 6.03 Å². The van der Waals surface area contributed by atoms with Gasteiger partial charge in [-0.15, -0.1) is 0 Å². The summed E-state index contributed by atoms with van der Waals surface area (Å²) in [5, 5.41) is 5.61. The van der Waals surface area contributed by atoms with E-state index in [1.165, 1.54) is 0 Å². The molecular weight excluding hydrogens is 256 g/mol. The van der Waals surface area contributed by atoms with E-state index in [0.29, 0.717) is 37.1 Å². The minimum atomic E-state index is -0.223. The molecule has 0 fully saturated rings. The number of carbonyl (C=O) groups excluding carboxylic acids is 1. The lowest BCUT2D eigenvalue weighted by atomic mass is 10.2. The first-order valence-electron chi connectivity index (χ1n) is 6.80. The zero-order chi connectivity index (χ0) is 15.0. The number of rotatable bonds is 7. The van der Waals surface area contributed by atoms with E-state index in [2.05, 4.69) is 10.6 Å². The zero-order valence-electron chi connectivity index (χ0n) is 12.7. The van der Waals surface area contributed by atoms with Crippen LogP contribution in [0.2, 0.25) is 0 Å². The van der Waals surface area contributed by atoms with Crippen molar-refractivity contribution in [3.05, 3.63) is 23.8 Å². The molecule has 0 heterocycles. The molecule has 1 aromatic rings. The van der Waals surface area contributed by atoms with E-state index in [0.717, 1.165) is 5.56 Å². The van der Waals surface area contributed by atoms with Crippen molar-refractivity contribution in [3.8, 4) is 5.75 Å². The fraction of sp³-hybridized carbons (Fsp3) is 0.533. The summed E-state index contributed by atoms with van der Waals surface area (Å²) in [5.74, 6) is 1.07. The highest BCUT2D eigenvalue weighted by atomic mass is 16.5. The molecule has 0 spiro atoms. The summed E-state index contributed by atoms with van der Waals surface area (Å²) < 4.78 is 10.6. The number of hydrogen-bond donors (Lipinski definition) is 2. The fourth-order valence-corrected chi connectivity index (χ4v) is 1.55. The summed E-state index contributed by atoms with van der Waals surface area (Å²) in [5.41, 5.74) is 1.73. The van der Waals surface area contributed by atoms with E-state index in [1.54, 1.807) is 7.11 Å². The summed E-state index contributed by atoms with van der Waals surface area (Å²) in [4.78, 5) is 11.8. The third kappa shape index (κ3) is 5.93. The van der Waals surface area contributed by atoms with Gasteiger partial charge >= 0.3 is 6.03 Å². The molecule has 0 bridgehead atoms. The molecule has 0 aliphatic rings. The summed E-state index contributed by atoms with van der Waals surface area (Å²) in [6, 6.07) is 5.45. The highest BCUT2D eigenvalue weighted by molar-refractivity contribution is 5.90. The molecule has 0 aliphatic carbocycles. The molecular formula is C15H24N2O3. The monoisotopic (exact) mass is 280 g/mol. The Morgan fingerprint density at radius 2 is 2.05 bits per heavy atom. The number of benzene rings is 1. The van der Waals surface area contributed by atoms with Crippen molar-refractivity contribution in [3.63, 3.8) is 0 Å². The highest BCUT2D eigenvalue weighted by Crippen LogP contribution is 2.25. The molecule has 0 saturated carbocycles. The molecule has 5 heteroatoms. The van der Waals surface area contributed by atoms with Gasteiger partial charge in [-0.25, -0.2) is 4.79 Å². The van der Waals surface area contributed by atoms with E-state index in [4.69, 9.17) is 9.47 Å². The number of aryl methyl sites for hydroxylation is 1. The van der Waals surface area contributed by atoms with Crippen molar-refractivity contribution in [1.82, 2.24) is 5.32 Å². The van der Waals surface area contributed by atoms with E-state index < -0.39 is 0 Å². The summed E-state index contributed by atoms with van der Waals surface area (Å²) in [6.45, 7) is 7.66. The van der Waals surface area contributed by atoms with Gasteiger partial charge in [0.2, 0.25) is 0 Å². The van der Waals surface area contributed by atoms with Gasteiger partial charge in [-0.05, 0) is 30.5 Å². The minimum Gasteiger partial charge on any atom is -0.489 e. The second kappa shape index (κ2) is 8.43. The number of nitrogens with one attached hydrogen (secondary N) is 2. The Bertz CT molecular complexity index is 433. The predicted octanol–water partition coefficient (Wildman–Crippen LogP) is 2.80. The zero-order valence-corrected chi connectivity index (χ0v) is 12.7. The van der Waals surface area contributed by atoms with Gasteiger partial charge in [0.1, 0.15) is 12.4 Å². The summed E-state index contributed by atoms with van der Waals surface area (Å²) in [7, 11) is 1.62. The number of anilines is 1. The van der Waals surface area contributed by atoms with Crippen LogP contribution in [0.25, 0.3) is 0 Å². The maximum atomic E-state index is 11.8. The van der Waals surface area contributed by atoms with Crippen LogP contribution in [-0.4, -0.2) is 32.9 Å². The molecule has 112 valence electrons.